The highest BCUT2D eigenvalue weighted by Crippen LogP contribution is 2.13. The smallest absolute Gasteiger partial charge is 0.178 e. The van der Waals surface area contributed by atoms with E-state index in [1.165, 1.54) is 0 Å². The summed E-state index contributed by atoms with van der Waals surface area (Å²) in [7, 11) is 0. The van der Waals surface area contributed by atoms with Crippen molar-refractivity contribution in [2.75, 3.05) is 32.7 Å². The fourth-order valence-electron chi connectivity index (χ4n) is 2.39. The summed E-state index contributed by atoms with van der Waals surface area (Å²) in [6.07, 6.45) is 1.69. The minimum atomic E-state index is 0.153. The van der Waals surface area contributed by atoms with Crippen LogP contribution >= 0.6 is 0 Å². The first-order chi connectivity index (χ1) is 9.33. The van der Waals surface area contributed by atoms with Gasteiger partial charge in [0.2, 0.25) is 0 Å². The zero-order valence-electron chi connectivity index (χ0n) is 10.8. The Morgan fingerprint density at radius 2 is 2.05 bits per heavy atom. The topological polar surface area (TPSA) is 45.2 Å². The lowest BCUT2D eigenvalue weighted by Crippen LogP contribution is -2.45. The Kier molecular flexibility index (Phi) is 3.53. The van der Waals surface area contributed by atoms with Crippen LogP contribution in [0.2, 0.25) is 0 Å². The second kappa shape index (κ2) is 5.47. The van der Waals surface area contributed by atoms with Gasteiger partial charge in [-0.05, 0) is 12.1 Å². The van der Waals surface area contributed by atoms with Crippen LogP contribution in [-0.4, -0.2) is 48.4 Å². The van der Waals surface area contributed by atoms with Crippen LogP contribution in [0.4, 0.5) is 0 Å². The summed E-state index contributed by atoms with van der Waals surface area (Å²) < 4.78 is 0. The zero-order chi connectivity index (χ0) is 13.1. The molecular weight excluding hydrogens is 238 g/mol. The van der Waals surface area contributed by atoms with Gasteiger partial charge in [-0.1, -0.05) is 18.2 Å². The van der Waals surface area contributed by atoms with Crippen LogP contribution in [0.1, 0.15) is 10.4 Å². The van der Waals surface area contributed by atoms with E-state index in [4.69, 9.17) is 0 Å². The molecule has 1 aromatic carbocycles. The van der Waals surface area contributed by atoms with E-state index < -0.39 is 0 Å². The van der Waals surface area contributed by atoms with Crippen LogP contribution < -0.4 is 5.32 Å². The maximum Gasteiger partial charge on any atom is 0.178 e. The van der Waals surface area contributed by atoms with Crippen molar-refractivity contribution in [2.24, 2.45) is 0 Å². The number of hydrogen-bond donors (Lipinski definition) is 1. The van der Waals surface area contributed by atoms with Crippen LogP contribution in [0.5, 0.6) is 0 Å². The highest BCUT2D eigenvalue weighted by molar-refractivity contribution is 6.00. The molecule has 3 rings (SSSR count). The summed E-state index contributed by atoms with van der Waals surface area (Å²) in [5.41, 5.74) is 1.64. The summed E-state index contributed by atoms with van der Waals surface area (Å²) in [6.45, 7) is 4.29. The second-order valence-corrected chi connectivity index (χ2v) is 4.87. The molecule has 2 aromatic rings. The Morgan fingerprint density at radius 3 is 2.89 bits per heavy atom. The molecule has 1 aromatic heterocycles. The van der Waals surface area contributed by atoms with Crippen LogP contribution in [0, 0.1) is 0 Å². The van der Waals surface area contributed by atoms with Crippen molar-refractivity contribution in [3.8, 4) is 0 Å². The van der Waals surface area contributed by atoms with Crippen LogP contribution in [0.3, 0.4) is 0 Å². The van der Waals surface area contributed by atoms with Gasteiger partial charge in [-0.15, -0.1) is 0 Å². The van der Waals surface area contributed by atoms with Gasteiger partial charge in [0.15, 0.2) is 5.78 Å². The predicted octanol–water partition coefficient (Wildman–Crippen LogP) is 1.32. The Bertz CT molecular complexity index is 591. The third-order valence-corrected chi connectivity index (χ3v) is 3.49. The van der Waals surface area contributed by atoms with Crippen molar-refractivity contribution >= 4 is 16.7 Å². The van der Waals surface area contributed by atoms with Gasteiger partial charge in [-0.25, -0.2) is 0 Å². The second-order valence-electron chi connectivity index (χ2n) is 4.87. The number of pyridine rings is 1. The fraction of sp³-hybridized carbons (Fsp3) is 0.333. The number of Topliss-reactive ketones (excluding diaryl/α,β-unsaturated/α-hetero) is 1. The monoisotopic (exact) mass is 255 g/mol. The number of carbonyl (C=O) groups is 1. The maximum atomic E-state index is 12.3. The number of ketones is 1. The molecule has 19 heavy (non-hydrogen) atoms. The van der Waals surface area contributed by atoms with Gasteiger partial charge in [-0.3, -0.25) is 14.7 Å². The molecule has 0 unspecified atom stereocenters. The number of para-hydroxylation sites is 1. The third-order valence-electron chi connectivity index (χ3n) is 3.49. The summed E-state index contributed by atoms with van der Waals surface area (Å²) >= 11 is 0. The number of hydrogen-bond acceptors (Lipinski definition) is 4. The van der Waals surface area contributed by atoms with Crippen LogP contribution in [-0.2, 0) is 0 Å². The molecule has 0 spiro atoms. The average molecular weight is 255 g/mol. The van der Waals surface area contributed by atoms with E-state index in [0.717, 1.165) is 37.1 Å². The summed E-state index contributed by atoms with van der Waals surface area (Å²) in [5.74, 6) is 0.153. The summed E-state index contributed by atoms with van der Waals surface area (Å²) in [5, 5.41) is 4.31. The number of rotatable bonds is 3. The zero-order valence-corrected chi connectivity index (χ0v) is 10.8. The van der Waals surface area contributed by atoms with Gasteiger partial charge in [0.05, 0.1) is 12.1 Å². The molecule has 0 radical (unpaired) electrons. The van der Waals surface area contributed by atoms with E-state index in [0.29, 0.717) is 12.1 Å². The van der Waals surface area contributed by atoms with E-state index in [1.54, 1.807) is 6.20 Å². The van der Waals surface area contributed by atoms with Gasteiger partial charge < -0.3 is 5.32 Å². The summed E-state index contributed by atoms with van der Waals surface area (Å²) in [6, 6.07) is 9.81. The van der Waals surface area contributed by atoms with Gasteiger partial charge in [0.1, 0.15) is 0 Å². The minimum absolute atomic E-state index is 0.153. The van der Waals surface area contributed by atoms with Gasteiger partial charge in [0.25, 0.3) is 0 Å². The van der Waals surface area contributed by atoms with Crippen LogP contribution in [0.25, 0.3) is 10.9 Å². The Morgan fingerprint density at radius 1 is 1.26 bits per heavy atom. The first kappa shape index (κ1) is 12.3. The molecule has 0 atom stereocenters. The lowest BCUT2D eigenvalue weighted by molar-refractivity contribution is 0.0921. The first-order valence-electron chi connectivity index (χ1n) is 6.64. The van der Waals surface area contributed by atoms with E-state index in [1.807, 2.05) is 30.3 Å². The normalized spacial score (nSPS) is 16.6. The van der Waals surface area contributed by atoms with Crippen LogP contribution in [0.15, 0.2) is 36.5 Å². The minimum Gasteiger partial charge on any atom is -0.314 e. The molecule has 4 nitrogen and oxygen atoms in total. The van der Waals surface area contributed by atoms with Gasteiger partial charge in [0, 0.05) is 43.3 Å². The summed E-state index contributed by atoms with van der Waals surface area (Å²) in [4.78, 5) is 18.8. The molecule has 0 aliphatic carbocycles. The molecule has 1 saturated heterocycles. The van der Waals surface area contributed by atoms with Gasteiger partial charge in [-0.2, -0.15) is 0 Å². The van der Waals surface area contributed by atoms with Gasteiger partial charge >= 0.3 is 0 Å². The largest absolute Gasteiger partial charge is 0.314 e. The molecule has 0 amide bonds. The number of carbonyl (C=O) groups excluding carboxylic acids is 1. The molecule has 98 valence electrons. The Balaban J connectivity index is 1.77. The molecule has 2 heterocycles. The number of piperazine rings is 1. The molecule has 1 N–H and O–H groups in total. The van der Waals surface area contributed by atoms with Crippen molar-refractivity contribution in [1.29, 1.82) is 0 Å². The quantitative estimate of drug-likeness (QED) is 0.840. The van der Waals surface area contributed by atoms with Crippen molar-refractivity contribution in [1.82, 2.24) is 15.2 Å². The highest BCUT2D eigenvalue weighted by Gasteiger charge is 2.15. The standard InChI is InChI=1S/C15H17N3O/c19-15(11-18-7-5-16-6-8-18)13-9-12-3-1-2-4-14(12)17-10-13/h1-4,9-10,16H,5-8,11H2. The fourth-order valence-corrected chi connectivity index (χ4v) is 2.39. The lowest BCUT2D eigenvalue weighted by atomic mass is 10.1. The van der Waals surface area contributed by atoms with Crippen molar-refractivity contribution in [2.45, 2.75) is 0 Å². The van der Waals surface area contributed by atoms with E-state index in [2.05, 4.69) is 15.2 Å². The van der Waals surface area contributed by atoms with Crippen molar-refractivity contribution in [3.05, 3.63) is 42.1 Å². The SMILES string of the molecule is O=C(CN1CCNCC1)c1cnc2ccccc2c1. The molecule has 0 saturated carbocycles. The van der Waals surface area contributed by atoms with E-state index in [9.17, 15) is 4.79 Å². The number of fused-ring (bicyclic) bond motifs is 1. The average Bonchev–Trinajstić information content (AvgIpc) is 2.48. The third kappa shape index (κ3) is 2.80. The molecule has 4 heteroatoms. The molecule has 0 bridgehead atoms. The molecule has 1 aliphatic rings. The lowest BCUT2D eigenvalue weighted by Gasteiger charge is -2.26. The van der Waals surface area contributed by atoms with Crippen molar-refractivity contribution < 1.29 is 4.79 Å². The Hall–Kier alpha value is -1.78. The van der Waals surface area contributed by atoms with E-state index in [-0.39, 0.29) is 5.78 Å². The molecule has 1 aliphatic heterocycles. The molecular formula is C15H17N3O. The number of nitrogens with one attached hydrogen (secondary N) is 1. The van der Waals surface area contributed by atoms with Crippen molar-refractivity contribution in [3.63, 3.8) is 0 Å². The Labute approximate surface area is 112 Å². The number of benzene rings is 1. The molecule has 1 fully saturated rings. The highest BCUT2D eigenvalue weighted by atomic mass is 16.1. The number of nitrogens with zero attached hydrogens (tertiary/aromatic N) is 2. The number of aromatic nitrogens is 1. The van der Waals surface area contributed by atoms with E-state index >= 15 is 0 Å². The predicted molar refractivity (Wildman–Crippen MR) is 75.4 cm³/mol. The first-order valence-corrected chi connectivity index (χ1v) is 6.64. The maximum absolute atomic E-state index is 12.3.